The van der Waals surface area contributed by atoms with E-state index in [-0.39, 0.29) is 6.61 Å². The van der Waals surface area contributed by atoms with Crippen molar-refractivity contribution in [3.8, 4) is 17.1 Å². The number of halogens is 2. The second-order valence-corrected chi connectivity index (χ2v) is 6.78. The van der Waals surface area contributed by atoms with Gasteiger partial charge in [-0.3, -0.25) is 9.55 Å². The maximum atomic E-state index is 8.98. The van der Waals surface area contributed by atoms with Crippen molar-refractivity contribution >= 4 is 35.0 Å². The normalized spacial score (nSPS) is 11.0. The smallest absolute Gasteiger partial charge is 0.196 e. The second-order valence-electron chi connectivity index (χ2n) is 4.91. The van der Waals surface area contributed by atoms with Crippen molar-refractivity contribution < 1.29 is 5.11 Å². The summed E-state index contributed by atoms with van der Waals surface area (Å²) in [6.45, 7) is 0.142. The predicted octanol–water partition coefficient (Wildman–Crippen LogP) is 4.11. The van der Waals surface area contributed by atoms with E-state index in [0.29, 0.717) is 22.3 Å². The minimum Gasteiger partial charge on any atom is -0.396 e. The number of hydrogen-bond acceptors (Lipinski definition) is 5. The van der Waals surface area contributed by atoms with E-state index in [2.05, 4.69) is 15.2 Å². The maximum Gasteiger partial charge on any atom is 0.196 e. The largest absolute Gasteiger partial charge is 0.396 e. The summed E-state index contributed by atoms with van der Waals surface area (Å²) < 4.78 is 1.92. The Morgan fingerprint density at radius 1 is 1.12 bits per heavy atom. The Morgan fingerprint density at radius 2 is 2.00 bits per heavy atom. The average molecular weight is 381 g/mol. The first-order valence-corrected chi connectivity index (χ1v) is 9.00. The van der Waals surface area contributed by atoms with Crippen LogP contribution in [0.4, 0.5) is 0 Å². The molecule has 0 spiro atoms. The minimum atomic E-state index is 0.142. The van der Waals surface area contributed by atoms with Gasteiger partial charge in [0.1, 0.15) is 0 Å². The molecule has 124 valence electrons. The Morgan fingerprint density at radius 3 is 2.71 bits per heavy atom. The quantitative estimate of drug-likeness (QED) is 0.514. The molecule has 8 heteroatoms. The van der Waals surface area contributed by atoms with E-state index < -0.39 is 0 Å². The van der Waals surface area contributed by atoms with Gasteiger partial charge < -0.3 is 5.11 Å². The van der Waals surface area contributed by atoms with Crippen molar-refractivity contribution in [3.63, 3.8) is 0 Å². The monoisotopic (exact) mass is 380 g/mol. The lowest BCUT2D eigenvalue weighted by molar-refractivity contribution is 0.296. The van der Waals surface area contributed by atoms with Crippen LogP contribution >= 0.6 is 35.0 Å². The van der Waals surface area contributed by atoms with Gasteiger partial charge in [0.25, 0.3) is 0 Å². The molecule has 0 saturated heterocycles. The molecule has 0 saturated carbocycles. The Bertz CT molecular complexity index is 826. The highest BCUT2D eigenvalue weighted by Gasteiger charge is 2.17. The summed E-state index contributed by atoms with van der Waals surface area (Å²) >= 11 is 13.7. The highest BCUT2D eigenvalue weighted by molar-refractivity contribution is 7.99. The molecule has 0 unspecified atom stereocenters. The molecular weight excluding hydrogens is 367 g/mol. The number of aliphatic hydroxyl groups is 1. The molecule has 24 heavy (non-hydrogen) atoms. The molecule has 2 heterocycles. The zero-order chi connectivity index (χ0) is 16.9. The van der Waals surface area contributed by atoms with Crippen molar-refractivity contribution in [2.24, 2.45) is 0 Å². The molecule has 0 aliphatic heterocycles. The highest BCUT2D eigenvalue weighted by atomic mass is 35.5. The molecule has 1 N–H and O–H groups in total. The Kier molecular flexibility index (Phi) is 5.73. The summed E-state index contributed by atoms with van der Waals surface area (Å²) in [7, 11) is 0. The van der Waals surface area contributed by atoms with Gasteiger partial charge in [0, 0.05) is 30.3 Å². The molecule has 0 aliphatic carbocycles. The lowest BCUT2D eigenvalue weighted by atomic mass is 10.2. The van der Waals surface area contributed by atoms with E-state index in [1.54, 1.807) is 24.5 Å². The molecule has 0 amide bonds. The molecule has 0 atom stereocenters. The van der Waals surface area contributed by atoms with Crippen molar-refractivity contribution in [2.45, 2.75) is 11.6 Å². The maximum absolute atomic E-state index is 8.98. The molecule has 3 rings (SSSR count). The Labute approximate surface area is 153 Å². The standard InChI is InChI=1S/C16H14Cl2N4OS/c17-13-5-4-12(9-14(13)18)22-15(11-3-1-6-19-10-11)20-21-16(22)24-8-2-7-23/h1,3-6,9-10,23H,2,7-8H2. The van der Waals surface area contributed by atoms with Crippen molar-refractivity contribution in [3.05, 3.63) is 52.8 Å². The van der Waals surface area contributed by atoms with Crippen LogP contribution in [0.15, 0.2) is 47.9 Å². The average Bonchev–Trinajstić information content (AvgIpc) is 3.02. The van der Waals surface area contributed by atoms with Crippen LogP contribution in [0.25, 0.3) is 17.1 Å². The molecular formula is C16H14Cl2N4OS. The first-order chi connectivity index (χ1) is 11.7. The highest BCUT2D eigenvalue weighted by Crippen LogP contribution is 2.31. The summed E-state index contributed by atoms with van der Waals surface area (Å²) in [6.07, 6.45) is 4.13. The summed E-state index contributed by atoms with van der Waals surface area (Å²) in [5.41, 5.74) is 1.67. The third-order valence-corrected chi connectivity index (χ3v) is 5.00. The zero-order valence-electron chi connectivity index (χ0n) is 12.6. The number of rotatable bonds is 6. The molecule has 1 aromatic carbocycles. The van der Waals surface area contributed by atoms with Gasteiger partial charge in [0.05, 0.1) is 15.7 Å². The molecule has 0 radical (unpaired) electrons. The lowest BCUT2D eigenvalue weighted by Crippen LogP contribution is -2.00. The predicted molar refractivity (Wildman–Crippen MR) is 97.0 cm³/mol. The molecule has 5 nitrogen and oxygen atoms in total. The van der Waals surface area contributed by atoms with Gasteiger partial charge in [-0.05, 0) is 36.8 Å². The number of nitrogens with zero attached hydrogens (tertiary/aromatic N) is 4. The zero-order valence-corrected chi connectivity index (χ0v) is 14.9. The van der Waals surface area contributed by atoms with Gasteiger partial charge in [-0.15, -0.1) is 10.2 Å². The molecule has 0 fully saturated rings. The van der Waals surface area contributed by atoms with E-state index in [0.717, 1.165) is 22.2 Å². The Hall–Kier alpha value is -1.60. The third-order valence-electron chi connectivity index (χ3n) is 3.25. The van der Waals surface area contributed by atoms with Crippen LogP contribution in [0, 0.1) is 0 Å². The van der Waals surface area contributed by atoms with Gasteiger partial charge in [-0.1, -0.05) is 35.0 Å². The van der Waals surface area contributed by atoms with Gasteiger partial charge in [-0.2, -0.15) is 0 Å². The fraction of sp³-hybridized carbons (Fsp3) is 0.188. The molecule has 2 aromatic heterocycles. The van der Waals surface area contributed by atoms with Crippen molar-refractivity contribution in [2.75, 3.05) is 12.4 Å². The van der Waals surface area contributed by atoms with Crippen LogP contribution in [-0.2, 0) is 0 Å². The van der Waals surface area contributed by atoms with Crippen LogP contribution < -0.4 is 0 Å². The first-order valence-electron chi connectivity index (χ1n) is 7.25. The van der Waals surface area contributed by atoms with E-state index in [1.807, 2.05) is 22.8 Å². The number of pyridine rings is 1. The van der Waals surface area contributed by atoms with E-state index in [9.17, 15) is 0 Å². The van der Waals surface area contributed by atoms with Gasteiger partial charge in [0.2, 0.25) is 0 Å². The SMILES string of the molecule is OCCCSc1nnc(-c2cccnc2)n1-c1ccc(Cl)c(Cl)c1. The summed E-state index contributed by atoms with van der Waals surface area (Å²) in [4.78, 5) is 4.14. The number of benzene rings is 1. The fourth-order valence-corrected chi connectivity index (χ4v) is 3.30. The van der Waals surface area contributed by atoms with Gasteiger partial charge >= 0.3 is 0 Å². The summed E-state index contributed by atoms with van der Waals surface area (Å²) in [5, 5.41) is 19.3. The van der Waals surface area contributed by atoms with Gasteiger partial charge in [-0.25, -0.2) is 0 Å². The lowest BCUT2D eigenvalue weighted by Gasteiger charge is -2.11. The van der Waals surface area contributed by atoms with Crippen LogP contribution in [0.5, 0.6) is 0 Å². The summed E-state index contributed by atoms with van der Waals surface area (Å²) in [5.74, 6) is 1.41. The molecule has 0 aliphatic rings. The summed E-state index contributed by atoms with van der Waals surface area (Å²) in [6, 6.07) is 9.17. The van der Waals surface area contributed by atoms with Crippen molar-refractivity contribution in [1.82, 2.24) is 19.7 Å². The van der Waals surface area contributed by atoms with Crippen molar-refractivity contribution in [1.29, 1.82) is 0 Å². The van der Waals surface area contributed by atoms with E-state index >= 15 is 0 Å². The van der Waals surface area contributed by atoms with Crippen LogP contribution in [-0.4, -0.2) is 37.2 Å². The second kappa shape index (κ2) is 7.98. The van der Waals surface area contributed by atoms with E-state index in [1.165, 1.54) is 11.8 Å². The fourth-order valence-electron chi connectivity index (χ4n) is 2.13. The number of aliphatic hydroxyl groups excluding tert-OH is 1. The minimum absolute atomic E-state index is 0.142. The Balaban J connectivity index is 2.08. The number of aromatic nitrogens is 4. The first kappa shape index (κ1) is 17.2. The third kappa shape index (κ3) is 3.72. The topological polar surface area (TPSA) is 63.8 Å². The van der Waals surface area contributed by atoms with Gasteiger partial charge in [0.15, 0.2) is 11.0 Å². The molecule has 0 bridgehead atoms. The van der Waals surface area contributed by atoms with Crippen LogP contribution in [0.2, 0.25) is 10.0 Å². The van der Waals surface area contributed by atoms with E-state index in [4.69, 9.17) is 28.3 Å². The van der Waals surface area contributed by atoms with Crippen LogP contribution in [0.3, 0.4) is 0 Å². The number of thioether (sulfide) groups is 1. The molecule has 3 aromatic rings. The van der Waals surface area contributed by atoms with Crippen LogP contribution in [0.1, 0.15) is 6.42 Å². The number of hydrogen-bond donors (Lipinski definition) is 1.